The third kappa shape index (κ3) is 5.76. The number of nitrogens with zero attached hydrogens (tertiary/aromatic N) is 4. The van der Waals surface area contributed by atoms with Gasteiger partial charge in [-0.25, -0.2) is 4.98 Å². The number of carbonyl (C=O) groups excluding carboxylic acids is 1. The highest BCUT2D eigenvalue weighted by Gasteiger charge is 2.37. The van der Waals surface area contributed by atoms with Crippen LogP contribution in [0.5, 0.6) is 0 Å². The molecule has 3 atom stereocenters. The van der Waals surface area contributed by atoms with Gasteiger partial charge in [-0.05, 0) is 37.1 Å². The van der Waals surface area contributed by atoms with Gasteiger partial charge in [0.05, 0.1) is 24.5 Å². The summed E-state index contributed by atoms with van der Waals surface area (Å²) in [7, 11) is 1.65. The lowest BCUT2D eigenvalue weighted by atomic mass is 9.95. The van der Waals surface area contributed by atoms with E-state index in [0.29, 0.717) is 6.20 Å². The van der Waals surface area contributed by atoms with E-state index >= 15 is 0 Å². The number of aromatic nitrogens is 2. The van der Waals surface area contributed by atoms with Gasteiger partial charge in [0, 0.05) is 50.5 Å². The van der Waals surface area contributed by atoms with Crippen molar-refractivity contribution in [1.29, 1.82) is 0 Å². The molecule has 1 aromatic heterocycles. The summed E-state index contributed by atoms with van der Waals surface area (Å²) in [5.74, 6) is -0.0266. The molecule has 9 nitrogen and oxygen atoms in total. The first-order valence-corrected chi connectivity index (χ1v) is 11.5. The molecule has 2 fully saturated rings. The van der Waals surface area contributed by atoms with Crippen molar-refractivity contribution in [3.63, 3.8) is 0 Å². The van der Waals surface area contributed by atoms with Crippen molar-refractivity contribution in [2.45, 2.75) is 37.3 Å². The Labute approximate surface area is 201 Å². The van der Waals surface area contributed by atoms with E-state index < -0.39 is 30.1 Å². The molecule has 2 aliphatic heterocycles. The maximum absolute atomic E-state index is 13.0. The Morgan fingerprint density at radius 1 is 1.03 bits per heavy atom. The summed E-state index contributed by atoms with van der Waals surface area (Å²) in [6, 6.07) is 6.98. The van der Waals surface area contributed by atoms with Crippen LogP contribution in [0.2, 0.25) is 0 Å². The first-order chi connectivity index (χ1) is 16.7. The zero-order chi connectivity index (χ0) is 25.2. The van der Waals surface area contributed by atoms with Crippen molar-refractivity contribution < 1.29 is 28.2 Å². The summed E-state index contributed by atoms with van der Waals surface area (Å²) in [4.78, 5) is 23.0. The largest absolute Gasteiger partial charge is 0.434 e. The molecular formula is C23H29F3N6O3. The van der Waals surface area contributed by atoms with E-state index in [1.807, 2.05) is 29.2 Å². The van der Waals surface area contributed by atoms with Crippen LogP contribution in [-0.2, 0) is 11.0 Å². The zero-order valence-corrected chi connectivity index (χ0v) is 19.2. The van der Waals surface area contributed by atoms with Gasteiger partial charge in [-0.3, -0.25) is 9.78 Å². The molecule has 1 amide bonds. The second kappa shape index (κ2) is 10.2. The second-order valence-electron chi connectivity index (χ2n) is 8.89. The molecule has 2 saturated heterocycles. The highest BCUT2D eigenvalue weighted by atomic mass is 19.4. The van der Waals surface area contributed by atoms with Crippen molar-refractivity contribution in [3.05, 3.63) is 42.4 Å². The van der Waals surface area contributed by atoms with E-state index in [2.05, 4.69) is 25.5 Å². The van der Waals surface area contributed by atoms with Crippen LogP contribution in [0.3, 0.4) is 0 Å². The summed E-state index contributed by atoms with van der Waals surface area (Å²) in [5.41, 5.74) is 0.692. The first-order valence-electron chi connectivity index (χ1n) is 11.5. The van der Waals surface area contributed by atoms with Crippen molar-refractivity contribution in [3.8, 4) is 0 Å². The van der Waals surface area contributed by atoms with E-state index in [1.165, 1.54) is 0 Å². The fraction of sp³-hybridized carbons (Fsp3) is 0.522. The van der Waals surface area contributed by atoms with Gasteiger partial charge in [0.1, 0.15) is 11.9 Å². The second-order valence-corrected chi connectivity index (χ2v) is 8.89. The Kier molecular flexibility index (Phi) is 7.31. The number of hydrogen-bond acceptors (Lipinski definition) is 8. The Hall–Kier alpha value is -3.12. The Balaban J connectivity index is 1.41. The van der Waals surface area contributed by atoms with Crippen LogP contribution in [0.1, 0.15) is 18.5 Å². The third-order valence-corrected chi connectivity index (χ3v) is 6.58. The minimum atomic E-state index is -4.64. The monoisotopic (exact) mass is 494 g/mol. The molecule has 35 heavy (non-hydrogen) atoms. The minimum Gasteiger partial charge on any atom is -0.388 e. The summed E-state index contributed by atoms with van der Waals surface area (Å²) in [6.07, 6.45) is -3.60. The molecule has 190 valence electrons. The standard InChI is InChI=1S/C23H29F3N6O3/c1-27-22(35)14-6-8-31(9-7-14)15-2-4-16(5-3-15)32-12-17(21(34)18(33)13-32)29-20-11-28-10-19(30-20)23(24,25)26/h2-5,10-11,14,17-18,21,33-34H,6-9,12-13H2,1H3,(H,27,35)(H,29,30)/t17-,18-,21+/m0/s1. The Bertz CT molecular complexity index is 1010. The number of halogens is 3. The number of anilines is 3. The Morgan fingerprint density at radius 2 is 1.66 bits per heavy atom. The fourth-order valence-electron chi connectivity index (χ4n) is 4.60. The quantitative estimate of drug-likeness (QED) is 0.495. The highest BCUT2D eigenvalue weighted by Crippen LogP contribution is 2.29. The lowest BCUT2D eigenvalue weighted by Crippen LogP contribution is -2.58. The molecule has 0 bridgehead atoms. The van der Waals surface area contributed by atoms with Crippen LogP contribution in [0, 0.1) is 5.92 Å². The average molecular weight is 495 g/mol. The van der Waals surface area contributed by atoms with Crippen molar-refractivity contribution in [1.82, 2.24) is 15.3 Å². The molecule has 12 heteroatoms. The average Bonchev–Trinajstić information content (AvgIpc) is 2.86. The van der Waals surface area contributed by atoms with Crippen molar-refractivity contribution in [2.75, 3.05) is 48.3 Å². The third-order valence-electron chi connectivity index (χ3n) is 6.58. The molecule has 2 aromatic rings. The molecule has 3 heterocycles. The summed E-state index contributed by atoms with van der Waals surface area (Å²) in [5, 5.41) is 26.3. The van der Waals surface area contributed by atoms with Gasteiger partial charge in [0.2, 0.25) is 5.91 Å². The van der Waals surface area contributed by atoms with Gasteiger partial charge >= 0.3 is 6.18 Å². The summed E-state index contributed by atoms with van der Waals surface area (Å²) < 4.78 is 38.9. The van der Waals surface area contributed by atoms with Crippen molar-refractivity contribution in [2.24, 2.45) is 5.92 Å². The number of aliphatic hydroxyl groups is 2. The predicted molar refractivity (Wildman–Crippen MR) is 124 cm³/mol. The molecule has 1 aromatic carbocycles. The van der Waals surface area contributed by atoms with Crippen LogP contribution in [-0.4, -0.2) is 77.6 Å². The van der Waals surface area contributed by atoms with Crippen molar-refractivity contribution >= 4 is 23.1 Å². The molecular weight excluding hydrogens is 465 g/mol. The molecule has 0 spiro atoms. The van der Waals surface area contributed by atoms with E-state index in [4.69, 9.17) is 0 Å². The van der Waals surface area contributed by atoms with Crippen LogP contribution >= 0.6 is 0 Å². The van der Waals surface area contributed by atoms with Crippen LogP contribution in [0.4, 0.5) is 30.4 Å². The van der Waals surface area contributed by atoms with Gasteiger partial charge in [0.15, 0.2) is 5.69 Å². The molecule has 0 unspecified atom stereocenters. The van der Waals surface area contributed by atoms with E-state index in [9.17, 15) is 28.2 Å². The topological polar surface area (TPSA) is 114 Å². The number of nitrogens with one attached hydrogen (secondary N) is 2. The van der Waals surface area contributed by atoms with E-state index in [0.717, 1.165) is 43.5 Å². The zero-order valence-electron chi connectivity index (χ0n) is 19.2. The summed E-state index contributed by atoms with van der Waals surface area (Å²) >= 11 is 0. The van der Waals surface area contributed by atoms with Gasteiger partial charge < -0.3 is 30.6 Å². The van der Waals surface area contributed by atoms with Gasteiger partial charge in [-0.2, -0.15) is 13.2 Å². The molecule has 4 rings (SSSR count). The van der Waals surface area contributed by atoms with Crippen LogP contribution in [0.25, 0.3) is 0 Å². The number of amides is 1. The highest BCUT2D eigenvalue weighted by molar-refractivity contribution is 5.78. The number of carbonyl (C=O) groups is 1. The maximum atomic E-state index is 13.0. The van der Waals surface area contributed by atoms with Gasteiger partial charge in [-0.15, -0.1) is 0 Å². The van der Waals surface area contributed by atoms with Crippen LogP contribution in [0.15, 0.2) is 36.7 Å². The SMILES string of the molecule is CNC(=O)C1CCN(c2ccc(N3C[C@H](Nc4cncc(C(F)(F)F)n4)[C@@H](O)[C@@H](O)C3)cc2)CC1. The lowest BCUT2D eigenvalue weighted by Gasteiger charge is -2.41. The Morgan fingerprint density at radius 3 is 2.26 bits per heavy atom. The van der Waals surface area contributed by atoms with E-state index in [1.54, 1.807) is 7.05 Å². The van der Waals surface area contributed by atoms with Gasteiger partial charge in [-0.1, -0.05) is 0 Å². The smallest absolute Gasteiger partial charge is 0.388 e. The number of rotatable bonds is 5. The number of alkyl halides is 3. The number of aliphatic hydroxyl groups excluding tert-OH is 2. The number of benzene rings is 1. The molecule has 4 N–H and O–H groups in total. The molecule has 0 saturated carbocycles. The summed E-state index contributed by atoms with van der Waals surface area (Å²) in [6.45, 7) is 1.96. The minimum absolute atomic E-state index is 0.0303. The van der Waals surface area contributed by atoms with Gasteiger partial charge in [0.25, 0.3) is 0 Å². The number of hydrogen-bond donors (Lipinski definition) is 4. The number of β-amino-alcohol motifs (C(OH)–C–C–N with tert-alkyl or cyclic N) is 1. The van der Waals surface area contributed by atoms with Crippen LogP contribution < -0.4 is 20.4 Å². The number of piperidine rings is 2. The predicted octanol–water partition coefficient (Wildman–Crippen LogP) is 1.48. The molecule has 2 aliphatic rings. The fourth-order valence-corrected chi connectivity index (χ4v) is 4.60. The molecule has 0 aliphatic carbocycles. The van der Waals surface area contributed by atoms with E-state index in [-0.39, 0.29) is 30.7 Å². The first kappa shape index (κ1) is 25.0. The lowest BCUT2D eigenvalue weighted by molar-refractivity contribution is -0.141. The molecule has 0 radical (unpaired) electrons. The maximum Gasteiger partial charge on any atom is 0.434 e. The normalized spacial score (nSPS) is 23.8.